The van der Waals surface area contributed by atoms with E-state index >= 15 is 24.0 Å². The number of hydrogen-bond donors (Lipinski definition) is 29. The number of nitrogens with zero attached hydrogens (tertiary/aromatic N) is 1. The summed E-state index contributed by atoms with van der Waals surface area (Å²) in [7, 11) is 0. The van der Waals surface area contributed by atoms with E-state index in [-0.39, 0.29) is 75.9 Å². The number of amides is 16. The number of aromatic amines is 2. The zero-order chi connectivity index (χ0) is 110. The third-order valence-corrected chi connectivity index (χ3v) is 24.0. The zero-order valence-corrected chi connectivity index (χ0v) is 83.3. The van der Waals surface area contributed by atoms with E-state index in [4.69, 9.17) is 34.1 Å². The Morgan fingerprint density at radius 2 is 0.745 bits per heavy atom. The number of aromatic nitrogens is 3. The molecule has 2 aromatic heterocycles. The fraction of sp³-hybridized carbons (Fsp3) is 0.450. The first-order chi connectivity index (χ1) is 70.9. The normalized spacial score (nSPS) is 14.4. The maximum absolute atomic E-state index is 15.5. The van der Waals surface area contributed by atoms with E-state index in [1.54, 1.807) is 115 Å². The van der Waals surface area contributed by atoms with Crippen molar-refractivity contribution in [3.05, 3.63) is 192 Å². The molecule has 2 heterocycles. The smallest absolute Gasteiger partial charge is 0.326 e. The number of phenols is 1. The largest absolute Gasteiger partial charge is 0.508 e. The highest BCUT2D eigenvalue weighted by Crippen LogP contribution is 2.22. The van der Waals surface area contributed by atoms with Gasteiger partial charge in [-0.1, -0.05) is 149 Å². The number of aliphatic hydroxyl groups is 1. The molecule has 16 atom stereocenters. The van der Waals surface area contributed by atoms with Crippen molar-refractivity contribution in [2.45, 2.75) is 247 Å². The fourth-order valence-corrected chi connectivity index (χ4v) is 15.8. The monoisotopic (exact) mass is 2070 g/mol. The van der Waals surface area contributed by atoms with Crippen LogP contribution >= 0.6 is 0 Å². The van der Waals surface area contributed by atoms with Crippen molar-refractivity contribution in [2.75, 3.05) is 26.2 Å². The van der Waals surface area contributed by atoms with Gasteiger partial charge in [0.2, 0.25) is 94.5 Å². The number of aliphatic hydroxyl groups excluding tert-OH is 1. The van der Waals surface area contributed by atoms with Crippen LogP contribution < -0.4 is 114 Å². The molecule has 0 saturated carbocycles. The summed E-state index contributed by atoms with van der Waals surface area (Å²) in [5.41, 5.74) is 31.7. The number of carbonyl (C=O) groups is 19. The molecule has 7 aromatic rings. The number of nitrogens with two attached hydrogens (primary N) is 5. The van der Waals surface area contributed by atoms with Crippen molar-refractivity contribution in [3.8, 4) is 5.75 Å². The first kappa shape index (κ1) is 120. The number of unbranched alkanes of at least 4 members (excludes halogenated alkanes) is 2. The number of rotatable bonds is 65. The van der Waals surface area contributed by atoms with E-state index in [9.17, 15) is 92.7 Å². The molecule has 0 radical (unpaired) electrons. The number of fused-ring (bicyclic) bond motifs is 1. The number of hydrogen-bond acceptors (Lipinski definition) is 26. The van der Waals surface area contributed by atoms with Crippen LogP contribution in [-0.4, -0.2) is 282 Å². The summed E-state index contributed by atoms with van der Waals surface area (Å²) in [5, 5.41) is 99.7. The van der Waals surface area contributed by atoms with Crippen LogP contribution in [0.3, 0.4) is 0 Å². The molecular formula is C100H137N25O24. The molecule has 0 aliphatic heterocycles. The van der Waals surface area contributed by atoms with Crippen LogP contribution in [-0.2, 0) is 130 Å². The van der Waals surface area contributed by atoms with Gasteiger partial charge in [0.25, 0.3) is 0 Å². The first-order valence-corrected chi connectivity index (χ1v) is 48.7. The summed E-state index contributed by atoms with van der Waals surface area (Å²) in [6, 6.07) is 10.1. The maximum Gasteiger partial charge on any atom is 0.326 e. The van der Waals surface area contributed by atoms with Crippen molar-refractivity contribution >= 4 is 129 Å². The summed E-state index contributed by atoms with van der Waals surface area (Å²) < 4.78 is 0. The molecule has 34 N–H and O–H groups in total. The van der Waals surface area contributed by atoms with Crippen molar-refractivity contribution in [1.29, 1.82) is 5.41 Å². The highest BCUT2D eigenvalue weighted by Gasteiger charge is 2.41. The molecule has 0 fully saturated rings. The Labute approximate surface area is 858 Å². The lowest BCUT2D eigenvalue weighted by molar-refractivity contribution is -0.143. The van der Waals surface area contributed by atoms with Gasteiger partial charge in [0.15, 0.2) is 5.96 Å². The number of carboxylic acids is 3. The van der Waals surface area contributed by atoms with Gasteiger partial charge < -0.3 is 149 Å². The Kier molecular flexibility index (Phi) is 49.1. The van der Waals surface area contributed by atoms with Crippen LogP contribution in [0.1, 0.15) is 145 Å². The summed E-state index contributed by atoms with van der Waals surface area (Å²) in [4.78, 5) is 279. The Bertz CT molecular complexity index is 5690. The number of nitrogens with one attached hydrogen (secondary N) is 19. The van der Waals surface area contributed by atoms with Crippen LogP contribution in [0.15, 0.2) is 158 Å². The Hall–Kier alpha value is -16.3. The number of aliphatic carboxylic acids is 3. The molecule has 16 amide bonds. The molecule has 49 nitrogen and oxygen atoms in total. The topological polar surface area (TPSA) is 816 Å². The summed E-state index contributed by atoms with van der Waals surface area (Å²) >= 11 is 0. The number of primary amides is 1. The Morgan fingerprint density at radius 1 is 0.369 bits per heavy atom. The number of H-pyrrole nitrogens is 2. The molecule has 0 saturated heterocycles. The number of imidazole rings is 1. The predicted molar refractivity (Wildman–Crippen MR) is 541 cm³/mol. The van der Waals surface area contributed by atoms with Crippen molar-refractivity contribution in [1.82, 2.24) is 100 Å². The van der Waals surface area contributed by atoms with E-state index in [1.165, 1.54) is 77.6 Å². The second kappa shape index (κ2) is 61.2. The lowest BCUT2D eigenvalue weighted by Crippen LogP contribution is -2.62. The summed E-state index contributed by atoms with van der Waals surface area (Å²) in [6.07, 6.45) is -0.0853. The number of phenolic OH excluding ortho intramolecular Hbond substituents is 1. The highest BCUT2D eigenvalue weighted by atomic mass is 16.4. The van der Waals surface area contributed by atoms with E-state index in [2.05, 4.69) is 100 Å². The van der Waals surface area contributed by atoms with Gasteiger partial charge in [0.1, 0.15) is 96.4 Å². The number of carboxylic acid groups (broad SMARTS) is 3. The minimum Gasteiger partial charge on any atom is -0.508 e. The van der Waals surface area contributed by atoms with Gasteiger partial charge in [-0.2, -0.15) is 0 Å². The highest BCUT2D eigenvalue weighted by molar-refractivity contribution is 6.03. The van der Waals surface area contributed by atoms with Crippen LogP contribution in [0.4, 0.5) is 0 Å². The average molecular weight is 2070 g/mol. The van der Waals surface area contributed by atoms with Crippen molar-refractivity contribution in [3.63, 3.8) is 0 Å². The molecule has 149 heavy (non-hydrogen) atoms. The van der Waals surface area contributed by atoms with E-state index < -0.39 is 278 Å². The lowest BCUT2D eigenvalue weighted by atomic mass is 9.99. The van der Waals surface area contributed by atoms with Gasteiger partial charge in [-0.25, -0.2) is 9.78 Å². The zero-order valence-electron chi connectivity index (χ0n) is 83.3. The van der Waals surface area contributed by atoms with Gasteiger partial charge in [-0.3, -0.25) is 91.7 Å². The number of benzene rings is 5. The third kappa shape index (κ3) is 40.9. The Balaban J connectivity index is 1.13. The second-order valence-corrected chi connectivity index (χ2v) is 36.6. The van der Waals surface area contributed by atoms with Gasteiger partial charge in [-0.05, 0) is 142 Å². The van der Waals surface area contributed by atoms with E-state index in [0.29, 0.717) is 64.5 Å². The summed E-state index contributed by atoms with van der Waals surface area (Å²) in [5.74, 6) is -24.1. The quantitative estimate of drug-likeness (QED) is 0.00984. The fourth-order valence-electron chi connectivity index (χ4n) is 15.8. The van der Waals surface area contributed by atoms with Crippen molar-refractivity contribution in [2.24, 2.45) is 40.5 Å². The number of para-hydroxylation sites is 1. The second-order valence-electron chi connectivity index (χ2n) is 36.6. The molecule has 806 valence electrons. The lowest BCUT2D eigenvalue weighted by Gasteiger charge is -2.29. The van der Waals surface area contributed by atoms with Gasteiger partial charge >= 0.3 is 17.9 Å². The van der Waals surface area contributed by atoms with Crippen LogP contribution in [0.2, 0.25) is 0 Å². The molecular weight excluding hydrogens is 1940 g/mol. The molecule has 7 rings (SSSR count). The number of guanidine groups is 1. The minimum absolute atomic E-state index is 0.0175. The number of carbonyl (C=O) groups excluding carboxylic acids is 16. The molecule has 0 spiro atoms. The maximum atomic E-state index is 15.5. The van der Waals surface area contributed by atoms with Crippen LogP contribution in [0, 0.1) is 17.2 Å². The third-order valence-electron chi connectivity index (χ3n) is 24.0. The van der Waals surface area contributed by atoms with Gasteiger partial charge in [0, 0.05) is 74.1 Å². The first-order valence-electron chi connectivity index (χ1n) is 48.7. The molecule has 5 aromatic carbocycles. The van der Waals surface area contributed by atoms with Crippen LogP contribution in [0.25, 0.3) is 10.9 Å². The minimum atomic E-state index is -2.16. The summed E-state index contributed by atoms with van der Waals surface area (Å²) in [6.45, 7) is 6.83. The van der Waals surface area contributed by atoms with Crippen LogP contribution in [0.5, 0.6) is 5.75 Å². The van der Waals surface area contributed by atoms with E-state index in [1.807, 2.05) is 0 Å². The molecule has 0 unspecified atom stereocenters. The molecule has 49 heteroatoms. The molecule has 0 aliphatic carbocycles. The SMILES string of the molecule is CC(C)[C@H](NC(=O)[C@H](C)NC(=O)[C@H](CCCNC(=N)N)NC(=O)[C@@H](NC(=O)[C@H](Cc1ccccc1)NC(=O)[C@H](Cc1c[nH]c2ccccc12)NC(=O)[C@H](CC(=O)O)NC(=O)[C@H](Cc1ccc(O)cc1)NC(=O)[C@H](Cc1ccccc1)NC(=O)[C@H](CC(N)=O)NC(=O)[C@H](CCC(=O)O)NC(=O)[C@H](Cc1cnc[nH]1)NC(=O)[C@@H](N)Cc1ccccc1)C(C)C)C(=O)N[C@@H](CO)C(=O)N[C@@H](CCCCN)C(=O)N[C@@H](CCCCN)C(=O)O. The van der Waals surface area contributed by atoms with Gasteiger partial charge in [0.05, 0.1) is 31.8 Å². The van der Waals surface area contributed by atoms with Gasteiger partial charge in [-0.15, -0.1) is 0 Å². The average Bonchev–Trinajstić information content (AvgIpc) is 1.65. The Morgan fingerprint density at radius 3 is 1.20 bits per heavy atom. The predicted octanol–water partition coefficient (Wildman–Crippen LogP) is -3.90. The van der Waals surface area contributed by atoms with Crippen molar-refractivity contribution < 1.29 is 117 Å². The molecule has 0 bridgehead atoms. The standard InChI is InChI=1S/C100H137N25O24/c1-54(2)82(98(147)123-78(52-126)96(145)112-67(30-17-19-39-101)87(136)115-70(99(148)149)31-18-20-40-102)124-84(133)56(5)111-86(135)68(32-21-41-108-100(105)106)114-97(146)83(55(3)4)125-95(144)73(44-59-26-13-8-14-27-59)119-91(140)74(46-61-50-109-66-29-16-15-28-64(61)66)120-94(143)77(49-81(131)132)122-90(139)72(45-60-33-35-63(127)36-34-60)117-89(138)71(43-58-24-11-7-12-25-58)118-93(142)76(48-79(104)128)121-88(137)69(37-38-80(129)130)113-92(141)75(47-62-51-107-53-110-62)116-85(134)65(103)42-57-22-9-6-10-23-57/h6-16,22-29,33-36,50-51,53-56,65,67-78,82-83,109,126-127H,17-21,30-32,37-49,52,101-103H2,1-5H3,(H2,104,128)(H,107,110)(H,111,135)(H,112,145)(H,113,141)(H,114,146)(H,115,136)(H,116,134)(H,117,138)(H,118,142)(H,119,140)(H,120,143)(H,121,137)(H,122,139)(H,123,147)(H,124,133)(H,125,144)(H,129,130)(H,131,132)(H,148,149)(H4,105,106,108)/t56-,65-,67-,68-,69-,70-,71-,72-,73-,74-,75-,76-,77-,78-,82-,83-/m0/s1. The molecule has 0 aliphatic rings. The van der Waals surface area contributed by atoms with E-state index in [0.717, 1.165) is 0 Å². The number of aromatic hydroxyl groups is 1.